The van der Waals surface area contributed by atoms with Crippen molar-refractivity contribution in [2.24, 2.45) is 0 Å². The third-order valence-corrected chi connectivity index (χ3v) is 4.41. The molecule has 0 saturated heterocycles. The number of phenolic OH excluding ortho intramolecular Hbond substituents is 1. The van der Waals surface area contributed by atoms with E-state index in [0.29, 0.717) is 5.56 Å². The molecule has 2 unspecified atom stereocenters. The van der Waals surface area contributed by atoms with Crippen LogP contribution in [0.4, 0.5) is 0 Å². The molecular weight excluding hydrogens is 290 g/mol. The standard InChI is InChI=1S/C19H21NO3/c1-12(21)14-2-3-16-11-17(7-4-15(16)10-14)20-19(23)13-5-8-18(22)9-6-13/h2-3,5-6,8-10,12,17,21-22H,4,7,11H2,1H3,(H,20,23). The summed E-state index contributed by atoms with van der Waals surface area (Å²) < 4.78 is 0. The van der Waals surface area contributed by atoms with Gasteiger partial charge < -0.3 is 15.5 Å². The van der Waals surface area contributed by atoms with Crippen LogP contribution in [-0.2, 0) is 12.8 Å². The predicted octanol–water partition coefficient (Wildman–Crippen LogP) is 2.73. The highest BCUT2D eigenvalue weighted by molar-refractivity contribution is 5.94. The number of rotatable bonds is 3. The topological polar surface area (TPSA) is 69.6 Å². The molecule has 23 heavy (non-hydrogen) atoms. The van der Waals surface area contributed by atoms with Gasteiger partial charge in [-0.3, -0.25) is 4.79 Å². The van der Waals surface area contributed by atoms with Crippen LogP contribution in [0.1, 0.15) is 46.5 Å². The molecule has 0 aromatic heterocycles. The summed E-state index contributed by atoms with van der Waals surface area (Å²) in [5, 5.41) is 22.0. The zero-order valence-corrected chi connectivity index (χ0v) is 13.1. The monoisotopic (exact) mass is 311 g/mol. The summed E-state index contributed by atoms with van der Waals surface area (Å²) in [6, 6.07) is 12.5. The second kappa shape index (κ2) is 6.42. The van der Waals surface area contributed by atoms with Crippen LogP contribution in [0.25, 0.3) is 0 Å². The summed E-state index contributed by atoms with van der Waals surface area (Å²) in [5.74, 6) is 0.0427. The first-order chi connectivity index (χ1) is 11.0. The SMILES string of the molecule is CC(O)c1ccc2c(c1)CCC(NC(=O)c1ccc(O)cc1)C2. The lowest BCUT2D eigenvalue weighted by Crippen LogP contribution is -2.38. The van der Waals surface area contributed by atoms with Gasteiger partial charge in [0.1, 0.15) is 5.75 Å². The fourth-order valence-corrected chi connectivity index (χ4v) is 3.04. The fraction of sp³-hybridized carbons (Fsp3) is 0.316. The largest absolute Gasteiger partial charge is 0.508 e. The molecule has 0 bridgehead atoms. The van der Waals surface area contributed by atoms with Crippen molar-refractivity contribution in [3.05, 3.63) is 64.7 Å². The van der Waals surface area contributed by atoms with Crippen molar-refractivity contribution in [3.8, 4) is 5.75 Å². The second-order valence-electron chi connectivity index (χ2n) is 6.16. The summed E-state index contributed by atoms with van der Waals surface area (Å²) in [6.07, 6.45) is 2.14. The van der Waals surface area contributed by atoms with Gasteiger partial charge in [-0.25, -0.2) is 0 Å². The van der Waals surface area contributed by atoms with Gasteiger partial charge in [0.15, 0.2) is 0 Å². The number of amides is 1. The Labute approximate surface area is 135 Å². The average molecular weight is 311 g/mol. The third-order valence-electron chi connectivity index (χ3n) is 4.41. The van der Waals surface area contributed by atoms with Crippen LogP contribution >= 0.6 is 0 Å². The van der Waals surface area contributed by atoms with E-state index in [1.165, 1.54) is 23.3 Å². The lowest BCUT2D eigenvalue weighted by molar-refractivity contribution is 0.0933. The van der Waals surface area contributed by atoms with E-state index in [4.69, 9.17) is 0 Å². The van der Waals surface area contributed by atoms with Crippen LogP contribution in [0.15, 0.2) is 42.5 Å². The van der Waals surface area contributed by atoms with Crippen molar-refractivity contribution in [1.29, 1.82) is 0 Å². The summed E-state index contributed by atoms with van der Waals surface area (Å²) in [6.45, 7) is 1.77. The highest BCUT2D eigenvalue weighted by Crippen LogP contribution is 2.25. The van der Waals surface area contributed by atoms with Crippen molar-refractivity contribution < 1.29 is 15.0 Å². The maximum atomic E-state index is 12.3. The van der Waals surface area contributed by atoms with Crippen molar-refractivity contribution in [2.75, 3.05) is 0 Å². The highest BCUT2D eigenvalue weighted by atomic mass is 16.3. The first-order valence-corrected chi connectivity index (χ1v) is 7.92. The molecule has 2 aromatic carbocycles. The van der Waals surface area contributed by atoms with Crippen LogP contribution in [0.5, 0.6) is 5.75 Å². The minimum atomic E-state index is -0.452. The van der Waals surface area contributed by atoms with E-state index in [2.05, 4.69) is 17.4 Å². The van der Waals surface area contributed by atoms with Crippen molar-refractivity contribution in [3.63, 3.8) is 0 Å². The molecule has 4 heteroatoms. The molecule has 0 spiro atoms. The number of nitrogens with one attached hydrogen (secondary N) is 1. The number of phenols is 1. The molecular formula is C19H21NO3. The smallest absolute Gasteiger partial charge is 0.251 e. The van der Waals surface area contributed by atoms with Crippen LogP contribution in [0.3, 0.4) is 0 Å². The van der Waals surface area contributed by atoms with Crippen molar-refractivity contribution in [1.82, 2.24) is 5.32 Å². The molecule has 0 radical (unpaired) electrons. The number of hydrogen-bond donors (Lipinski definition) is 3. The van der Waals surface area contributed by atoms with Gasteiger partial charge in [0, 0.05) is 11.6 Å². The second-order valence-corrected chi connectivity index (χ2v) is 6.16. The molecule has 4 nitrogen and oxygen atoms in total. The molecule has 3 rings (SSSR count). The maximum absolute atomic E-state index is 12.3. The number of aryl methyl sites for hydroxylation is 1. The Kier molecular flexibility index (Phi) is 4.35. The third kappa shape index (κ3) is 3.54. The number of aliphatic hydroxyl groups is 1. The molecule has 1 aliphatic rings. The van der Waals surface area contributed by atoms with Gasteiger partial charge in [0.2, 0.25) is 0 Å². The number of carbonyl (C=O) groups excluding carboxylic acids is 1. The summed E-state index contributed by atoms with van der Waals surface area (Å²) >= 11 is 0. The van der Waals surface area contributed by atoms with E-state index in [-0.39, 0.29) is 17.7 Å². The van der Waals surface area contributed by atoms with Gasteiger partial charge in [-0.2, -0.15) is 0 Å². The quantitative estimate of drug-likeness (QED) is 0.816. The molecule has 2 aromatic rings. The summed E-state index contributed by atoms with van der Waals surface area (Å²) in [7, 11) is 0. The van der Waals surface area contributed by atoms with E-state index >= 15 is 0 Å². The molecule has 0 aliphatic heterocycles. The van der Waals surface area contributed by atoms with Crippen molar-refractivity contribution >= 4 is 5.91 Å². The van der Waals surface area contributed by atoms with E-state index in [1.807, 2.05) is 6.07 Å². The number of benzene rings is 2. The lowest BCUT2D eigenvalue weighted by Gasteiger charge is -2.26. The first-order valence-electron chi connectivity index (χ1n) is 7.92. The molecule has 120 valence electrons. The number of hydrogen-bond acceptors (Lipinski definition) is 3. The maximum Gasteiger partial charge on any atom is 0.251 e. The van der Waals surface area contributed by atoms with Crippen LogP contribution in [0, 0.1) is 0 Å². The minimum absolute atomic E-state index is 0.112. The molecule has 3 N–H and O–H groups in total. The van der Waals surface area contributed by atoms with Crippen LogP contribution in [-0.4, -0.2) is 22.2 Å². The van der Waals surface area contributed by atoms with E-state index in [1.54, 1.807) is 19.1 Å². The zero-order chi connectivity index (χ0) is 16.4. The molecule has 2 atom stereocenters. The zero-order valence-electron chi connectivity index (χ0n) is 13.1. The van der Waals surface area contributed by atoms with Gasteiger partial charge in [0.25, 0.3) is 5.91 Å². The van der Waals surface area contributed by atoms with Crippen LogP contribution < -0.4 is 5.32 Å². The average Bonchev–Trinajstić information content (AvgIpc) is 2.54. The minimum Gasteiger partial charge on any atom is -0.508 e. The van der Waals surface area contributed by atoms with Gasteiger partial charge in [-0.1, -0.05) is 18.2 Å². The Bertz CT molecular complexity index is 707. The Morgan fingerprint density at radius 1 is 1.17 bits per heavy atom. The number of aliphatic hydroxyl groups excluding tert-OH is 1. The summed E-state index contributed by atoms with van der Waals surface area (Å²) in [5.41, 5.74) is 3.99. The van der Waals surface area contributed by atoms with E-state index < -0.39 is 6.10 Å². The van der Waals surface area contributed by atoms with Gasteiger partial charge in [-0.15, -0.1) is 0 Å². The molecule has 0 heterocycles. The Hall–Kier alpha value is -2.33. The van der Waals surface area contributed by atoms with Crippen molar-refractivity contribution in [2.45, 2.75) is 38.3 Å². The Morgan fingerprint density at radius 3 is 2.61 bits per heavy atom. The highest BCUT2D eigenvalue weighted by Gasteiger charge is 2.21. The summed E-state index contributed by atoms with van der Waals surface area (Å²) in [4.78, 5) is 12.3. The van der Waals surface area contributed by atoms with Gasteiger partial charge in [-0.05, 0) is 67.1 Å². The number of fused-ring (bicyclic) bond motifs is 1. The molecule has 1 aliphatic carbocycles. The van der Waals surface area contributed by atoms with Gasteiger partial charge in [0.05, 0.1) is 6.10 Å². The Balaban J connectivity index is 1.67. The lowest BCUT2D eigenvalue weighted by atomic mass is 9.86. The Morgan fingerprint density at radius 2 is 1.91 bits per heavy atom. The molecule has 0 saturated carbocycles. The number of carbonyl (C=O) groups is 1. The first kappa shape index (κ1) is 15.6. The van der Waals surface area contributed by atoms with E-state index in [9.17, 15) is 15.0 Å². The predicted molar refractivity (Wildman–Crippen MR) is 88.5 cm³/mol. The molecule has 0 fully saturated rings. The molecule has 1 amide bonds. The number of aromatic hydroxyl groups is 1. The normalized spacial score (nSPS) is 18.1. The van der Waals surface area contributed by atoms with E-state index in [0.717, 1.165) is 24.8 Å². The van der Waals surface area contributed by atoms with Crippen LogP contribution in [0.2, 0.25) is 0 Å². The van der Waals surface area contributed by atoms with Gasteiger partial charge >= 0.3 is 0 Å². The fourth-order valence-electron chi connectivity index (χ4n) is 3.04.